The number of hydrogen-bond donors (Lipinski definition) is 1. The lowest BCUT2D eigenvalue weighted by molar-refractivity contribution is 0.295. The Bertz CT molecular complexity index is 299. The zero-order valence-corrected chi connectivity index (χ0v) is 8.06. The fraction of sp³-hybridized carbons (Fsp3) is 0.875. The van der Waals surface area contributed by atoms with Gasteiger partial charge >= 0.3 is 0 Å². The first-order valence-electron chi connectivity index (χ1n) is 4.66. The van der Waals surface area contributed by atoms with Crippen LogP contribution in [0.2, 0.25) is 0 Å². The fourth-order valence-electron chi connectivity index (χ4n) is 1.70. The van der Waals surface area contributed by atoms with E-state index in [0.29, 0.717) is 17.3 Å². The highest BCUT2D eigenvalue weighted by Gasteiger charge is 2.46. The molecule has 2 rings (SSSR count). The molecule has 1 fully saturated rings. The second kappa shape index (κ2) is 2.68. The van der Waals surface area contributed by atoms with Crippen molar-refractivity contribution >= 4 is 5.95 Å². The third kappa shape index (κ3) is 1.38. The molecule has 0 unspecified atom stereocenters. The molecule has 0 radical (unpaired) electrons. The first-order chi connectivity index (χ1) is 6.14. The Morgan fingerprint density at radius 3 is 2.62 bits per heavy atom. The van der Waals surface area contributed by atoms with Crippen LogP contribution in [-0.4, -0.2) is 20.2 Å². The number of nitrogens with zero attached hydrogens (tertiary/aromatic N) is 4. The van der Waals surface area contributed by atoms with Gasteiger partial charge in [-0.25, -0.2) is 4.68 Å². The molecule has 13 heavy (non-hydrogen) atoms. The zero-order valence-electron chi connectivity index (χ0n) is 8.06. The summed E-state index contributed by atoms with van der Waals surface area (Å²) in [6, 6.07) is 0. The average molecular weight is 181 g/mol. The Morgan fingerprint density at radius 1 is 1.54 bits per heavy atom. The summed E-state index contributed by atoms with van der Waals surface area (Å²) in [6.45, 7) is 5.35. The van der Waals surface area contributed by atoms with Crippen LogP contribution >= 0.6 is 0 Å². The molecule has 0 amide bonds. The molecular weight excluding hydrogens is 166 g/mol. The van der Waals surface area contributed by atoms with Crippen molar-refractivity contribution in [2.75, 3.05) is 5.73 Å². The number of aromatic nitrogens is 4. The van der Waals surface area contributed by atoms with Gasteiger partial charge in [0.05, 0.1) is 6.54 Å². The van der Waals surface area contributed by atoms with E-state index in [4.69, 9.17) is 5.73 Å². The van der Waals surface area contributed by atoms with E-state index in [9.17, 15) is 0 Å². The van der Waals surface area contributed by atoms with Crippen LogP contribution in [-0.2, 0) is 6.54 Å². The average Bonchev–Trinajstić information content (AvgIpc) is 2.74. The van der Waals surface area contributed by atoms with Gasteiger partial charge in [0.25, 0.3) is 0 Å². The molecule has 1 saturated carbocycles. The van der Waals surface area contributed by atoms with Gasteiger partial charge in [-0.05, 0) is 34.6 Å². The van der Waals surface area contributed by atoms with E-state index in [1.165, 1.54) is 12.8 Å². The van der Waals surface area contributed by atoms with Crippen LogP contribution in [0.1, 0.15) is 26.7 Å². The summed E-state index contributed by atoms with van der Waals surface area (Å²) in [6.07, 6.45) is 2.54. The lowest BCUT2D eigenvalue weighted by Crippen LogP contribution is -2.19. The van der Waals surface area contributed by atoms with E-state index in [-0.39, 0.29) is 0 Å². The van der Waals surface area contributed by atoms with Crippen molar-refractivity contribution in [2.24, 2.45) is 11.3 Å². The normalized spacial score (nSPS) is 19.3. The van der Waals surface area contributed by atoms with Crippen LogP contribution < -0.4 is 5.73 Å². The first kappa shape index (κ1) is 8.47. The Hall–Kier alpha value is -1.13. The van der Waals surface area contributed by atoms with Crippen LogP contribution in [0.3, 0.4) is 0 Å². The van der Waals surface area contributed by atoms with Gasteiger partial charge in [-0.3, -0.25) is 0 Å². The molecule has 1 aliphatic carbocycles. The summed E-state index contributed by atoms with van der Waals surface area (Å²) >= 11 is 0. The predicted molar refractivity (Wildman–Crippen MR) is 48.7 cm³/mol. The maximum atomic E-state index is 5.60. The van der Waals surface area contributed by atoms with Crippen molar-refractivity contribution in [3.63, 3.8) is 0 Å². The molecule has 0 atom stereocenters. The molecule has 0 spiro atoms. The van der Waals surface area contributed by atoms with E-state index in [1.54, 1.807) is 4.68 Å². The third-order valence-electron chi connectivity index (χ3n) is 3.14. The molecule has 1 aliphatic rings. The SMILES string of the molecule is CC(C)C1(Cn2nnnc2N)CC1. The van der Waals surface area contributed by atoms with Crippen molar-refractivity contribution in [2.45, 2.75) is 33.2 Å². The minimum absolute atomic E-state index is 0.406. The number of hydrogen-bond acceptors (Lipinski definition) is 4. The van der Waals surface area contributed by atoms with Gasteiger partial charge in [0.2, 0.25) is 5.95 Å². The molecule has 0 saturated heterocycles. The maximum absolute atomic E-state index is 5.60. The van der Waals surface area contributed by atoms with Crippen LogP contribution in [0.25, 0.3) is 0 Å². The van der Waals surface area contributed by atoms with E-state index >= 15 is 0 Å². The van der Waals surface area contributed by atoms with Gasteiger partial charge < -0.3 is 5.73 Å². The fourth-order valence-corrected chi connectivity index (χ4v) is 1.70. The number of rotatable bonds is 3. The lowest BCUT2D eigenvalue weighted by Gasteiger charge is -2.18. The molecule has 0 aliphatic heterocycles. The molecule has 1 aromatic rings. The summed E-state index contributed by atoms with van der Waals surface area (Å²) in [5.41, 5.74) is 6.01. The number of tetrazole rings is 1. The summed E-state index contributed by atoms with van der Waals surface area (Å²) in [4.78, 5) is 0. The highest BCUT2D eigenvalue weighted by atomic mass is 15.6. The minimum atomic E-state index is 0.406. The molecular formula is C8H15N5. The minimum Gasteiger partial charge on any atom is -0.367 e. The topological polar surface area (TPSA) is 69.6 Å². The van der Waals surface area contributed by atoms with E-state index in [0.717, 1.165) is 6.54 Å². The molecule has 1 heterocycles. The molecule has 2 N–H and O–H groups in total. The zero-order chi connectivity index (χ0) is 9.47. The van der Waals surface area contributed by atoms with E-state index < -0.39 is 0 Å². The highest BCUT2D eigenvalue weighted by molar-refractivity contribution is 5.11. The first-order valence-corrected chi connectivity index (χ1v) is 4.66. The van der Waals surface area contributed by atoms with E-state index in [1.807, 2.05) is 0 Å². The Morgan fingerprint density at radius 2 is 2.23 bits per heavy atom. The number of anilines is 1. The molecule has 72 valence electrons. The van der Waals surface area contributed by atoms with Gasteiger partial charge in [-0.1, -0.05) is 18.9 Å². The maximum Gasteiger partial charge on any atom is 0.240 e. The van der Waals surface area contributed by atoms with Crippen molar-refractivity contribution in [3.05, 3.63) is 0 Å². The molecule has 1 aromatic heterocycles. The van der Waals surface area contributed by atoms with Gasteiger partial charge in [0.1, 0.15) is 0 Å². The lowest BCUT2D eigenvalue weighted by atomic mass is 9.92. The van der Waals surface area contributed by atoms with Crippen molar-refractivity contribution in [1.82, 2.24) is 20.2 Å². The van der Waals surface area contributed by atoms with E-state index in [2.05, 4.69) is 29.4 Å². The third-order valence-corrected chi connectivity index (χ3v) is 3.14. The van der Waals surface area contributed by atoms with Crippen LogP contribution in [0, 0.1) is 11.3 Å². The van der Waals surface area contributed by atoms with Crippen molar-refractivity contribution in [1.29, 1.82) is 0 Å². The molecule has 0 aromatic carbocycles. The van der Waals surface area contributed by atoms with Crippen molar-refractivity contribution < 1.29 is 0 Å². The Kier molecular flexibility index (Phi) is 1.75. The number of nitrogen functional groups attached to an aromatic ring is 1. The van der Waals surface area contributed by atoms with Crippen LogP contribution in [0.4, 0.5) is 5.95 Å². The standard InChI is InChI=1S/C8H15N5/c1-6(2)8(3-4-8)5-13-7(9)10-11-12-13/h6H,3-5H2,1-2H3,(H2,9,10,12). The monoisotopic (exact) mass is 181 g/mol. The van der Waals surface area contributed by atoms with Gasteiger partial charge in [0.15, 0.2) is 0 Å². The molecule has 5 nitrogen and oxygen atoms in total. The molecule has 0 bridgehead atoms. The van der Waals surface area contributed by atoms with Gasteiger partial charge in [-0.15, -0.1) is 0 Å². The second-order valence-electron chi connectivity index (χ2n) is 4.21. The predicted octanol–water partition coefficient (Wildman–Crippen LogP) is 0.691. The summed E-state index contributed by atoms with van der Waals surface area (Å²) in [7, 11) is 0. The number of nitrogens with two attached hydrogens (primary N) is 1. The quantitative estimate of drug-likeness (QED) is 0.744. The van der Waals surface area contributed by atoms with Gasteiger partial charge in [-0.2, -0.15) is 0 Å². The van der Waals surface area contributed by atoms with Crippen LogP contribution in [0.5, 0.6) is 0 Å². The Balaban J connectivity index is 2.10. The second-order valence-corrected chi connectivity index (χ2v) is 4.21. The smallest absolute Gasteiger partial charge is 0.240 e. The molecule has 5 heteroatoms. The van der Waals surface area contributed by atoms with Crippen molar-refractivity contribution in [3.8, 4) is 0 Å². The largest absolute Gasteiger partial charge is 0.367 e. The Labute approximate surface area is 77.3 Å². The highest BCUT2D eigenvalue weighted by Crippen LogP contribution is 2.53. The summed E-state index contributed by atoms with van der Waals surface area (Å²) in [5.74, 6) is 1.10. The summed E-state index contributed by atoms with van der Waals surface area (Å²) in [5, 5.41) is 11.1. The van der Waals surface area contributed by atoms with Gasteiger partial charge in [0, 0.05) is 0 Å². The summed E-state index contributed by atoms with van der Waals surface area (Å²) < 4.78 is 1.70. The van der Waals surface area contributed by atoms with Crippen LogP contribution in [0.15, 0.2) is 0 Å².